The molecule has 0 amide bonds. The third-order valence-electron chi connectivity index (χ3n) is 3.84. The first-order chi connectivity index (χ1) is 10.3. The van der Waals surface area contributed by atoms with E-state index < -0.39 is 5.41 Å². The van der Waals surface area contributed by atoms with Crippen LogP contribution in [0.4, 0.5) is 0 Å². The summed E-state index contributed by atoms with van der Waals surface area (Å²) in [5, 5.41) is 10.3. The molecule has 8 heteroatoms. The van der Waals surface area contributed by atoms with Crippen molar-refractivity contribution in [2.45, 2.75) is 44.4 Å². The first-order valence-electron chi connectivity index (χ1n) is 7.13. The SMILES string of the molecule is CCOC(=O)C1(c2nc(-c3ncn[nH]3)no2)CCCCC1. The Kier molecular flexibility index (Phi) is 3.68. The minimum absolute atomic E-state index is 0.280. The lowest BCUT2D eigenvalue weighted by molar-refractivity contribution is -0.152. The third kappa shape index (κ3) is 2.41. The van der Waals surface area contributed by atoms with Gasteiger partial charge in [0, 0.05) is 0 Å². The van der Waals surface area contributed by atoms with E-state index in [1.807, 2.05) is 0 Å². The number of nitrogens with one attached hydrogen (secondary N) is 1. The Balaban J connectivity index is 1.95. The molecule has 0 unspecified atom stereocenters. The fourth-order valence-electron chi connectivity index (χ4n) is 2.76. The number of hydrogen-bond acceptors (Lipinski definition) is 7. The molecule has 0 aromatic carbocycles. The number of aromatic nitrogens is 5. The lowest BCUT2D eigenvalue weighted by Gasteiger charge is -2.31. The Morgan fingerprint density at radius 2 is 2.24 bits per heavy atom. The summed E-state index contributed by atoms with van der Waals surface area (Å²) in [7, 11) is 0. The molecule has 2 aromatic heterocycles. The van der Waals surface area contributed by atoms with Gasteiger partial charge in [-0.3, -0.25) is 9.89 Å². The number of carbonyl (C=O) groups excluding carboxylic acids is 1. The van der Waals surface area contributed by atoms with Gasteiger partial charge in [-0.1, -0.05) is 24.4 Å². The molecule has 1 saturated carbocycles. The van der Waals surface area contributed by atoms with Crippen LogP contribution in [0.3, 0.4) is 0 Å². The average molecular weight is 291 g/mol. The third-order valence-corrected chi connectivity index (χ3v) is 3.84. The quantitative estimate of drug-likeness (QED) is 0.853. The van der Waals surface area contributed by atoms with Gasteiger partial charge in [-0.25, -0.2) is 4.98 Å². The van der Waals surface area contributed by atoms with Crippen molar-refractivity contribution in [3.63, 3.8) is 0 Å². The standard InChI is InChI=1S/C13H17N5O3/c1-2-20-12(19)13(6-4-3-5-7-13)11-16-10(18-21-11)9-14-8-15-17-9/h8H,2-7H2,1H3,(H,14,15,17). The minimum atomic E-state index is -0.820. The van der Waals surface area contributed by atoms with Crippen LogP contribution < -0.4 is 0 Å². The van der Waals surface area contributed by atoms with Crippen molar-refractivity contribution in [3.8, 4) is 11.6 Å². The molecule has 8 nitrogen and oxygen atoms in total. The van der Waals surface area contributed by atoms with E-state index in [0.29, 0.717) is 37.0 Å². The van der Waals surface area contributed by atoms with Gasteiger partial charge in [-0.05, 0) is 19.8 Å². The van der Waals surface area contributed by atoms with E-state index >= 15 is 0 Å². The van der Waals surface area contributed by atoms with Crippen LogP contribution in [-0.2, 0) is 14.9 Å². The predicted octanol–water partition coefficient (Wildman–Crippen LogP) is 1.62. The number of aromatic amines is 1. The summed E-state index contributed by atoms with van der Waals surface area (Å²) in [5.74, 6) is 0.751. The molecular formula is C13H17N5O3. The van der Waals surface area contributed by atoms with Crippen molar-refractivity contribution < 1.29 is 14.1 Å². The molecule has 112 valence electrons. The van der Waals surface area contributed by atoms with Crippen LogP contribution in [0.2, 0.25) is 0 Å². The molecule has 21 heavy (non-hydrogen) atoms. The highest BCUT2D eigenvalue weighted by Gasteiger charge is 2.47. The van der Waals surface area contributed by atoms with Crippen LogP contribution in [0.5, 0.6) is 0 Å². The molecule has 0 radical (unpaired) electrons. The highest BCUT2D eigenvalue weighted by molar-refractivity contribution is 5.82. The highest BCUT2D eigenvalue weighted by Crippen LogP contribution is 2.40. The molecule has 1 N–H and O–H groups in total. The lowest BCUT2D eigenvalue weighted by Crippen LogP contribution is -2.39. The van der Waals surface area contributed by atoms with E-state index in [-0.39, 0.29) is 5.97 Å². The Morgan fingerprint density at radius 1 is 1.43 bits per heavy atom. The maximum Gasteiger partial charge on any atom is 0.321 e. The van der Waals surface area contributed by atoms with Crippen LogP contribution in [0.25, 0.3) is 11.6 Å². The molecule has 1 aliphatic rings. The first-order valence-corrected chi connectivity index (χ1v) is 7.13. The topological polar surface area (TPSA) is 107 Å². The van der Waals surface area contributed by atoms with Gasteiger partial charge in [0.1, 0.15) is 11.7 Å². The van der Waals surface area contributed by atoms with E-state index in [0.717, 1.165) is 19.3 Å². The fourth-order valence-corrected chi connectivity index (χ4v) is 2.76. The second kappa shape index (κ2) is 5.63. The number of H-pyrrole nitrogens is 1. The molecule has 1 fully saturated rings. The van der Waals surface area contributed by atoms with E-state index in [2.05, 4.69) is 25.3 Å². The number of carbonyl (C=O) groups is 1. The average Bonchev–Trinajstić information content (AvgIpc) is 3.19. The Bertz CT molecular complexity index is 601. The maximum absolute atomic E-state index is 12.4. The number of nitrogens with zero attached hydrogens (tertiary/aromatic N) is 4. The summed E-state index contributed by atoms with van der Waals surface area (Å²) in [6.07, 6.45) is 5.70. The summed E-state index contributed by atoms with van der Waals surface area (Å²) in [5.41, 5.74) is -0.820. The zero-order valence-corrected chi connectivity index (χ0v) is 11.8. The predicted molar refractivity (Wildman–Crippen MR) is 71.1 cm³/mol. The van der Waals surface area contributed by atoms with Crippen molar-refractivity contribution in [3.05, 3.63) is 12.2 Å². The van der Waals surface area contributed by atoms with Gasteiger partial charge in [0.25, 0.3) is 0 Å². The van der Waals surface area contributed by atoms with Crippen molar-refractivity contribution >= 4 is 5.97 Å². The monoisotopic (exact) mass is 291 g/mol. The second-order valence-electron chi connectivity index (χ2n) is 5.12. The Hall–Kier alpha value is -2.25. The molecule has 0 spiro atoms. The van der Waals surface area contributed by atoms with Gasteiger partial charge in [0.15, 0.2) is 5.82 Å². The zero-order valence-electron chi connectivity index (χ0n) is 11.8. The van der Waals surface area contributed by atoms with Crippen LogP contribution in [-0.4, -0.2) is 37.9 Å². The van der Waals surface area contributed by atoms with Gasteiger partial charge < -0.3 is 9.26 Å². The molecular weight excluding hydrogens is 274 g/mol. The summed E-state index contributed by atoms with van der Waals surface area (Å²) < 4.78 is 10.6. The van der Waals surface area contributed by atoms with Gasteiger partial charge in [-0.15, -0.1) is 0 Å². The number of rotatable bonds is 4. The highest BCUT2D eigenvalue weighted by atomic mass is 16.5. The summed E-state index contributed by atoms with van der Waals surface area (Å²) in [4.78, 5) is 20.8. The zero-order chi connectivity index (χ0) is 14.7. The normalized spacial score (nSPS) is 17.6. The first kappa shape index (κ1) is 13.7. The molecule has 2 heterocycles. The van der Waals surface area contributed by atoms with E-state index in [9.17, 15) is 4.79 Å². The van der Waals surface area contributed by atoms with Crippen LogP contribution >= 0.6 is 0 Å². The van der Waals surface area contributed by atoms with Gasteiger partial charge in [0.05, 0.1) is 6.61 Å². The summed E-state index contributed by atoms with van der Waals surface area (Å²) in [6, 6.07) is 0. The second-order valence-corrected chi connectivity index (χ2v) is 5.12. The Labute approximate surface area is 121 Å². The van der Waals surface area contributed by atoms with Gasteiger partial charge >= 0.3 is 5.97 Å². The largest absolute Gasteiger partial charge is 0.465 e. The van der Waals surface area contributed by atoms with Crippen LogP contribution in [0.15, 0.2) is 10.9 Å². The number of ether oxygens (including phenoxy) is 1. The van der Waals surface area contributed by atoms with E-state index in [1.165, 1.54) is 6.33 Å². The van der Waals surface area contributed by atoms with Crippen LogP contribution in [0.1, 0.15) is 44.9 Å². The molecule has 1 aliphatic carbocycles. The van der Waals surface area contributed by atoms with E-state index in [4.69, 9.17) is 9.26 Å². The molecule has 0 atom stereocenters. The number of esters is 1. The maximum atomic E-state index is 12.4. The summed E-state index contributed by atoms with van der Waals surface area (Å²) >= 11 is 0. The van der Waals surface area contributed by atoms with Crippen molar-refractivity contribution in [2.24, 2.45) is 0 Å². The minimum Gasteiger partial charge on any atom is -0.465 e. The molecule has 0 saturated heterocycles. The molecule has 3 rings (SSSR count). The number of hydrogen-bond donors (Lipinski definition) is 1. The lowest BCUT2D eigenvalue weighted by atomic mass is 9.74. The molecule has 0 aliphatic heterocycles. The summed E-state index contributed by atoms with van der Waals surface area (Å²) in [6.45, 7) is 2.13. The van der Waals surface area contributed by atoms with Gasteiger partial charge in [0.2, 0.25) is 11.7 Å². The fraction of sp³-hybridized carbons (Fsp3) is 0.615. The molecule has 0 bridgehead atoms. The van der Waals surface area contributed by atoms with Crippen LogP contribution in [0, 0.1) is 0 Å². The smallest absolute Gasteiger partial charge is 0.321 e. The molecule has 2 aromatic rings. The Morgan fingerprint density at radius 3 is 2.90 bits per heavy atom. The van der Waals surface area contributed by atoms with Crippen molar-refractivity contribution in [1.29, 1.82) is 0 Å². The van der Waals surface area contributed by atoms with Gasteiger partial charge in [-0.2, -0.15) is 10.1 Å². The van der Waals surface area contributed by atoms with Crippen molar-refractivity contribution in [1.82, 2.24) is 25.3 Å². The van der Waals surface area contributed by atoms with E-state index in [1.54, 1.807) is 6.92 Å². The van der Waals surface area contributed by atoms with Crippen molar-refractivity contribution in [2.75, 3.05) is 6.61 Å².